The molecule has 104 valence electrons. The molecule has 0 aliphatic rings. The largest absolute Gasteiger partial charge is 0.300 e. The quantitative estimate of drug-likeness (QED) is 0.775. The summed E-state index contributed by atoms with van der Waals surface area (Å²) in [5, 5.41) is 0. The third-order valence-corrected chi connectivity index (χ3v) is 3.16. The molecule has 0 radical (unpaired) electrons. The number of hydrogen-bond donors (Lipinski definition) is 0. The van der Waals surface area contributed by atoms with Gasteiger partial charge < -0.3 is 0 Å². The first-order chi connectivity index (χ1) is 9.63. The minimum Gasteiger partial charge on any atom is -0.300 e. The maximum atomic E-state index is 13.0. The molecule has 20 heavy (non-hydrogen) atoms. The lowest BCUT2D eigenvalue weighted by Crippen LogP contribution is -2.02. The zero-order valence-corrected chi connectivity index (χ0v) is 11.1. The molecule has 0 aliphatic heterocycles. The summed E-state index contributed by atoms with van der Waals surface area (Å²) in [6.45, 7) is 0. The van der Waals surface area contributed by atoms with E-state index in [2.05, 4.69) is 0 Å². The van der Waals surface area contributed by atoms with Crippen LogP contribution in [0.5, 0.6) is 0 Å². The van der Waals surface area contributed by atoms with E-state index in [-0.39, 0.29) is 17.4 Å². The number of benzene rings is 2. The van der Waals surface area contributed by atoms with Crippen molar-refractivity contribution in [3.63, 3.8) is 0 Å². The predicted octanol–water partition coefficient (Wildman–Crippen LogP) is 4.10. The van der Waals surface area contributed by atoms with E-state index >= 15 is 0 Å². The highest BCUT2D eigenvalue weighted by atomic mass is 19.1. The predicted molar refractivity (Wildman–Crippen MR) is 74.4 cm³/mol. The van der Waals surface area contributed by atoms with Gasteiger partial charge in [-0.05, 0) is 48.2 Å². The van der Waals surface area contributed by atoms with Crippen LogP contribution >= 0.6 is 0 Å². The SMILES string of the molecule is O=C(CCc1cccc(F)c1)CCc1cccc(F)c1. The van der Waals surface area contributed by atoms with E-state index in [1.165, 1.54) is 24.3 Å². The van der Waals surface area contributed by atoms with Crippen LogP contribution in [0.25, 0.3) is 0 Å². The molecular weight excluding hydrogens is 258 g/mol. The summed E-state index contributed by atoms with van der Waals surface area (Å²) >= 11 is 0. The number of aryl methyl sites for hydroxylation is 2. The number of ketones is 1. The van der Waals surface area contributed by atoms with Crippen LogP contribution in [-0.2, 0) is 17.6 Å². The molecule has 0 amide bonds. The lowest BCUT2D eigenvalue weighted by atomic mass is 10.0. The van der Waals surface area contributed by atoms with Gasteiger partial charge in [0.1, 0.15) is 17.4 Å². The fourth-order valence-electron chi connectivity index (χ4n) is 2.08. The molecule has 0 N–H and O–H groups in total. The van der Waals surface area contributed by atoms with Crippen molar-refractivity contribution in [1.29, 1.82) is 0 Å². The number of carbonyl (C=O) groups excluding carboxylic acids is 1. The van der Waals surface area contributed by atoms with Crippen molar-refractivity contribution in [2.45, 2.75) is 25.7 Å². The van der Waals surface area contributed by atoms with E-state index in [1.54, 1.807) is 12.1 Å². The van der Waals surface area contributed by atoms with Gasteiger partial charge in [0.2, 0.25) is 0 Å². The number of Topliss-reactive ketones (excluding diaryl/α,β-unsaturated/α-hetero) is 1. The second-order valence-corrected chi connectivity index (χ2v) is 4.80. The molecule has 0 saturated heterocycles. The summed E-state index contributed by atoms with van der Waals surface area (Å²) in [5.41, 5.74) is 1.65. The molecule has 0 saturated carbocycles. The highest BCUT2D eigenvalue weighted by Crippen LogP contribution is 2.10. The van der Waals surface area contributed by atoms with E-state index in [0.29, 0.717) is 25.7 Å². The van der Waals surface area contributed by atoms with Gasteiger partial charge in [0.25, 0.3) is 0 Å². The molecule has 0 bridgehead atoms. The molecule has 0 aromatic heterocycles. The van der Waals surface area contributed by atoms with Crippen molar-refractivity contribution in [3.05, 3.63) is 71.3 Å². The Morgan fingerprint density at radius 1 is 0.800 bits per heavy atom. The van der Waals surface area contributed by atoms with Gasteiger partial charge in [0.15, 0.2) is 0 Å². The fraction of sp³-hybridized carbons (Fsp3) is 0.235. The van der Waals surface area contributed by atoms with Crippen LogP contribution in [0.2, 0.25) is 0 Å². The first kappa shape index (κ1) is 14.4. The lowest BCUT2D eigenvalue weighted by Gasteiger charge is -2.03. The third-order valence-electron chi connectivity index (χ3n) is 3.16. The first-order valence-electron chi connectivity index (χ1n) is 6.64. The Hall–Kier alpha value is -2.03. The van der Waals surface area contributed by atoms with Crippen LogP contribution in [0, 0.1) is 11.6 Å². The van der Waals surface area contributed by atoms with E-state index in [0.717, 1.165) is 11.1 Å². The lowest BCUT2D eigenvalue weighted by molar-refractivity contribution is -0.119. The van der Waals surface area contributed by atoms with E-state index < -0.39 is 0 Å². The van der Waals surface area contributed by atoms with Gasteiger partial charge in [-0.2, -0.15) is 0 Å². The van der Waals surface area contributed by atoms with Crippen LogP contribution in [-0.4, -0.2) is 5.78 Å². The van der Waals surface area contributed by atoms with E-state index in [1.807, 2.05) is 12.1 Å². The molecule has 2 aromatic rings. The highest BCUT2D eigenvalue weighted by Gasteiger charge is 2.05. The molecule has 0 heterocycles. The van der Waals surface area contributed by atoms with Gasteiger partial charge in [-0.1, -0.05) is 24.3 Å². The first-order valence-corrected chi connectivity index (χ1v) is 6.64. The van der Waals surface area contributed by atoms with Crippen molar-refractivity contribution < 1.29 is 13.6 Å². The summed E-state index contributed by atoms with van der Waals surface area (Å²) in [7, 11) is 0. The van der Waals surface area contributed by atoms with Crippen molar-refractivity contribution in [2.24, 2.45) is 0 Å². The summed E-state index contributed by atoms with van der Waals surface area (Å²) in [5.74, 6) is -0.456. The average molecular weight is 274 g/mol. The molecule has 1 nitrogen and oxygen atoms in total. The van der Waals surface area contributed by atoms with E-state index in [9.17, 15) is 13.6 Å². The Labute approximate surface area is 117 Å². The van der Waals surface area contributed by atoms with Crippen molar-refractivity contribution in [2.75, 3.05) is 0 Å². The minimum atomic E-state index is -0.283. The third kappa shape index (κ3) is 4.57. The van der Waals surface area contributed by atoms with Crippen molar-refractivity contribution >= 4 is 5.78 Å². The Kier molecular flexibility index (Phi) is 4.99. The summed E-state index contributed by atoms with van der Waals surface area (Å²) in [4.78, 5) is 11.8. The summed E-state index contributed by atoms with van der Waals surface area (Å²) < 4.78 is 26.0. The summed E-state index contributed by atoms with van der Waals surface area (Å²) in [6, 6.07) is 12.6. The number of carbonyl (C=O) groups is 1. The number of hydrogen-bond acceptors (Lipinski definition) is 1. The van der Waals surface area contributed by atoms with Gasteiger partial charge in [0, 0.05) is 12.8 Å². The normalized spacial score (nSPS) is 10.5. The summed E-state index contributed by atoms with van der Waals surface area (Å²) in [6.07, 6.45) is 1.86. The molecule has 2 rings (SSSR count). The average Bonchev–Trinajstić information content (AvgIpc) is 2.43. The van der Waals surface area contributed by atoms with Gasteiger partial charge in [0.05, 0.1) is 0 Å². The molecule has 0 atom stereocenters. The molecule has 0 spiro atoms. The Balaban J connectivity index is 1.78. The zero-order chi connectivity index (χ0) is 14.4. The minimum absolute atomic E-state index is 0.110. The van der Waals surface area contributed by atoms with Gasteiger partial charge in [-0.25, -0.2) is 8.78 Å². The standard InChI is InChI=1S/C17H16F2O/c18-15-5-1-3-13(11-15)7-9-17(20)10-8-14-4-2-6-16(19)12-14/h1-6,11-12H,7-10H2. The molecule has 3 heteroatoms. The van der Waals surface area contributed by atoms with Crippen molar-refractivity contribution in [1.82, 2.24) is 0 Å². The smallest absolute Gasteiger partial charge is 0.133 e. The maximum Gasteiger partial charge on any atom is 0.133 e. The van der Waals surface area contributed by atoms with Gasteiger partial charge >= 0.3 is 0 Å². The number of halogens is 2. The van der Waals surface area contributed by atoms with Crippen LogP contribution in [0.15, 0.2) is 48.5 Å². The monoisotopic (exact) mass is 274 g/mol. The second kappa shape index (κ2) is 6.94. The maximum absolute atomic E-state index is 13.0. The van der Waals surface area contributed by atoms with Crippen LogP contribution in [0.3, 0.4) is 0 Å². The Morgan fingerprint density at radius 3 is 1.65 bits per heavy atom. The highest BCUT2D eigenvalue weighted by molar-refractivity contribution is 5.78. The van der Waals surface area contributed by atoms with Crippen LogP contribution in [0.4, 0.5) is 8.78 Å². The van der Waals surface area contributed by atoms with Crippen molar-refractivity contribution in [3.8, 4) is 0 Å². The molecular formula is C17H16F2O. The van der Waals surface area contributed by atoms with E-state index in [4.69, 9.17) is 0 Å². The number of rotatable bonds is 6. The Bertz CT molecular complexity index is 542. The van der Waals surface area contributed by atoms with Gasteiger partial charge in [-0.15, -0.1) is 0 Å². The molecule has 0 aliphatic carbocycles. The topological polar surface area (TPSA) is 17.1 Å². The fourth-order valence-corrected chi connectivity index (χ4v) is 2.08. The Morgan fingerprint density at radius 2 is 1.25 bits per heavy atom. The molecule has 0 fully saturated rings. The van der Waals surface area contributed by atoms with Crippen LogP contribution in [0.1, 0.15) is 24.0 Å². The zero-order valence-electron chi connectivity index (χ0n) is 11.1. The molecule has 2 aromatic carbocycles. The van der Waals surface area contributed by atoms with Crippen LogP contribution < -0.4 is 0 Å². The molecule has 0 unspecified atom stereocenters. The second-order valence-electron chi connectivity index (χ2n) is 4.80. The van der Waals surface area contributed by atoms with Gasteiger partial charge in [-0.3, -0.25) is 4.79 Å².